The summed E-state index contributed by atoms with van der Waals surface area (Å²) < 4.78 is 6.26. The highest BCUT2D eigenvalue weighted by atomic mass is 16.3. The summed E-state index contributed by atoms with van der Waals surface area (Å²) in [7, 11) is 0. The summed E-state index contributed by atoms with van der Waals surface area (Å²) in [5.74, 6) is 1.52. The monoisotopic (exact) mass is 761 g/mol. The van der Waals surface area contributed by atoms with Gasteiger partial charge in [0.1, 0.15) is 22.8 Å². The summed E-state index contributed by atoms with van der Waals surface area (Å²) in [5.41, 5.74) is 13.9. The van der Waals surface area contributed by atoms with Crippen LogP contribution in [0.2, 0.25) is 0 Å². The third-order valence-corrected chi connectivity index (χ3v) is 10.6. The van der Waals surface area contributed by atoms with E-state index < -0.39 is 6.17 Å². The highest BCUT2D eigenvalue weighted by Gasteiger charge is 2.22. The van der Waals surface area contributed by atoms with E-state index in [0.29, 0.717) is 0 Å². The highest BCUT2D eigenvalue weighted by Crippen LogP contribution is 2.38. The molecule has 0 spiro atoms. The van der Waals surface area contributed by atoms with E-state index in [1.54, 1.807) is 0 Å². The lowest BCUT2D eigenvalue weighted by atomic mass is 9.85. The first-order chi connectivity index (χ1) is 29.2. The predicted octanol–water partition coefficient (Wildman–Crippen LogP) is 13.8. The van der Waals surface area contributed by atoms with Crippen molar-refractivity contribution in [1.82, 2.24) is 5.32 Å². The molecule has 284 valence electrons. The zero-order chi connectivity index (χ0) is 40.0. The van der Waals surface area contributed by atoms with Crippen molar-refractivity contribution in [3.8, 4) is 11.1 Å². The molecule has 1 aliphatic heterocycles. The van der Waals surface area contributed by atoms with Crippen LogP contribution < -0.4 is 5.32 Å². The summed E-state index contributed by atoms with van der Waals surface area (Å²) in [4.78, 5) is 10.4. The molecule has 0 bridgehead atoms. The van der Waals surface area contributed by atoms with E-state index in [2.05, 4.69) is 181 Å². The van der Waals surface area contributed by atoms with Gasteiger partial charge >= 0.3 is 0 Å². The maximum Gasteiger partial charge on any atom is 0.169 e. The van der Waals surface area contributed by atoms with Crippen LogP contribution in [0.4, 0.5) is 0 Å². The van der Waals surface area contributed by atoms with Crippen LogP contribution >= 0.6 is 0 Å². The molecule has 0 fully saturated rings. The van der Waals surface area contributed by atoms with Gasteiger partial charge in [0.05, 0.1) is 0 Å². The van der Waals surface area contributed by atoms with Crippen molar-refractivity contribution >= 4 is 44.8 Å². The van der Waals surface area contributed by atoms with Gasteiger partial charge in [0.15, 0.2) is 6.17 Å². The zero-order valence-corrected chi connectivity index (χ0v) is 33.1. The molecule has 59 heavy (non-hydrogen) atoms. The van der Waals surface area contributed by atoms with Gasteiger partial charge in [-0.1, -0.05) is 202 Å². The van der Waals surface area contributed by atoms with Crippen LogP contribution in [0.15, 0.2) is 227 Å². The topological polar surface area (TPSA) is 49.9 Å². The number of hydrogen-bond acceptors (Lipinski definition) is 4. The predicted molar refractivity (Wildman–Crippen MR) is 247 cm³/mol. The molecule has 9 aromatic rings. The van der Waals surface area contributed by atoms with Gasteiger partial charge in [-0.05, 0) is 74.4 Å². The maximum absolute atomic E-state index is 6.26. The van der Waals surface area contributed by atoms with E-state index in [0.717, 1.165) is 67.0 Å². The third kappa shape index (κ3) is 7.64. The van der Waals surface area contributed by atoms with Crippen molar-refractivity contribution in [3.63, 3.8) is 0 Å². The van der Waals surface area contributed by atoms with Crippen molar-refractivity contribution in [1.29, 1.82) is 0 Å². The molecule has 1 atom stereocenters. The second-order valence-electron chi connectivity index (χ2n) is 14.2. The number of fused-ring (bicyclic) bond motifs is 3. The number of furan rings is 1. The van der Waals surface area contributed by atoms with Crippen molar-refractivity contribution in [3.05, 3.63) is 251 Å². The Labute approximate surface area is 345 Å². The van der Waals surface area contributed by atoms with E-state index in [1.165, 1.54) is 27.8 Å². The molecule has 4 heteroatoms. The molecule has 0 radical (unpaired) electrons. The van der Waals surface area contributed by atoms with Gasteiger partial charge in [0.25, 0.3) is 0 Å². The molecule has 0 saturated carbocycles. The normalized spacial score (nSPS) is 13.4. The fourth-order valence-electron chi connectivity index (χ4n) is 7.80. The average molecular weight is 762 g/mol. The van der Waals surface area contributed by atoms with Gasteiger partial charge in [-0.2, -0.15) is 0 Å². The van der Waals surface area contributed by atoms with E-state index in [9.17, 15) is 0 Å². The summed E-state index contributed by atoms with van der Waals surface area (Å²) in [6.45, 7) is 4.00. The summed E-state index contributed by atoms with van der Waals surface area (Å²) in [5, 5.41) is 5.74. The minimum Gasteiger partial charge on any atom is -0.456 e. The molecule has 0 saturated heterocycles. The standard InChI is InChI=1S/C53H37N3O.C2H6/c1-5-16-37(17-6-1)49(38-18-7-2-8-19-38)50(39-20-9-3-10-21-39)40-30-28-36(29-31-40)42-24-15-25-43(34-42)52-54-51(41-22-11-4-12-23-41)55-53(56-52)44-32-33-46-45-26-13-14-27-47(45)57-48(46)35-44;1-2/h1-35,52H,(H,54,55,56);1-2H3. The number of rotatable bonds is 8. The molecule has 1 N–H and O–H groups in total. The number of nitrogens with zero attached hydrogens (tertiary/aromatic N) is 2. The average Bonchev–Trinajstić information content (AvgIpc) is 3.70. The minimum absolute atomic E-state index is 0.450. The van der Waals surface area contributed by atoms with E-state index in [1.807, 2.05) is 50.2 Å². The van der Waals surface area contributed by atoms with Crippen molar-refractivity contribution in [2.24, 2.45) is 9.98 Å². The fraction of sp³-hybridized carbons (Fsp3) is 0.0545. The molecular formula is C55H43N3O. The zero-order valence-electron chi connectivity index (χ0n) is 33.1. The number of nitrogens with one attached hydrogen (secondary N) is 1. The van der Waals surface area contributed by atoms with Crippen molar-refractivity contribution in [2.45, 2.75) is 20.0 Å². The Morgan fingerprint density at radius 1 is 0.390 bits per heavy atom. The Kier molecular flexibility index (Phi) is 10.6. The Balaban J connectivity index is 0.00000221. The molecule has 4 nitrogen and oxygen atoms in total. The van der Waals surface area contributed by atoms with Crippen LogP contribution in [0.5, 0.6) is 0 Å². The third-order valence-electron chi connectivity index (χ3n) is 10.6. The Hall–Kier alpha value is -7.56. The Bertz CT molecular complexity index is 2910. The van der Waals surface area contributed by atoms with E-state index >= 15 is 0 Å². The molecule has 1 aliphatic rings. The Morgan fingerprint density at radius 2 is 0.864 bits per heavy atom. The largest absolute Gasteiger partial charge is 0.456 e. The SMILES string of the molecule is CC.c1ccc(C2=NC(c3cccc(-c4ccc(C(=C(c5ccccc5)c5ccccc5)c5ccccc5)cc4)c3)N=C(c3ccc4c(c3)oc3ccccc34)N2)cc1. The number of hydrogen-bond donors (Lipinski definition) is 1. The number of para-hydroxylation sites is 1. The van der Waals surface area contributed by atoms with Gasteiger partial charge in [0.2, 0.25) is 0 Å². The van der Waals surface area contributed by atoms with E-state index in [4.69, 9.17) is 14.4 Å². The summed E-state index contributed by atoms with van der Waals surface area (Å²) in [6, 6.07) is 74.3. The van der Waals surface area contributed by atoms with Crippen LogP contribution in [0, 0.1) is 0 Å². The molecule has 1 unspecified atom stereocenters. The molecule has 2 heterocycles. The Morgan fingerprint density at radius 3 is 1.47 bits per heavy atom. The molecule has 0 aliphatic carbocycles. The van der Waals surface area contributed by atoms with Crippen LogP contribution in [0.25, 0.3) is 44.2 Å². The minimum atomic E-state index is -0.450. The lowest BCUT2D eigenvalue weighted by Gasteiger charge is -2.22. The molecular weight excluding hydrogens is 719 g/mol. The lowest BCUT2D eigenvalue weighted by molar-refractivity contribution is 0.668. The quantitative estimate of drug-likeness (QED) is 0.157. The molecule has 0 amide bonds. The first-order valence-electron chi connectivity index (χ1n) is 20.3. The fourth-order valence-corrected chi connectivity index (χ4v) is 7.80. The van der Waals surface area contributed by atoms with Gasteiger partial charge in [-0.3, -0.25) is 0 Å². The van der Waals surface area contributed by atoms with Crippen molar-refractivity contribution < 1.29 is 4.42 Å². The second-order valence-corrected chi connectivity index (χ2v) is 14.2. The first-order valence-corrected chi connectivity index (χ1v) is 20.3. The molecule has 10 rings (SSSR count). The van der Waals surface area contributed by atoms with Crippen LogP contribution in [0.3, 0.4) is 0 Å². The number of benzene rings is 8. The highest BCUT2D eigenvalue weighted by molar-refractivity contribution is 6.17. The van der Waals surface area contributed by atoms with Gasteiger partial charge in [-0.15, -0.1) is 0 Å². The lowest BCUT2D eigenvalue weighted by Crippen LogP contribution is -2.36. The summed E-state index contributed by atoms with van der Waals surface area (Å²) >= 11 is 0. The first kappa shape index (κ1) is 37.0. The number of amidine groups is 2. The van der Waals surface area contributed by atoms with Gasteiger partial charge in [0, 0.05) is 21.9 Å². The molecule has 8 aromatic carbocycles. The maximum atomic E-state index is 6.26. The smallest absolute Gasteiger partial charge is 0.169 e. The van der Waals surface area contributed by atoms with Gasteiger partial charge in [-0.25, -0.2) is 9.98 Å². The van der Waals surface area contributed by atoms with Gasteiger partial charge < -0.3 is 9.73 Å². The van der Waals surface area contributed by atoms with Crippen LogP contribution in [-0.4, -0.2) is 11.7 Å². The van der Waals surface area contributed by atoms with Crippen LogP contribution in [-0.2, 0) is 0 Å². The summed E-state index contributed by atoms with van der Waals surface area (Å²) in [6.07, 6.45) is -0.450. The van der Waals surface area contributed by atoms with Crippen molar-refractivity contribution in [2.75, 3.05) is 0 Å². The number of aliphatic imine (C=N–C) groups is 2. The van der Waals surface area contributed by atoms with Crippen LogP contribution in [0.1, 0.15) is 59.0 Å². The second kappa shape index (κ2) is 16.9. The molecule has 1 aromatic heterocycles. The van der Waals surface area contributed by atoms with E-state index in [-0.39, 0.29) is 0 Å².